The van der Waals surface area contributed by atoms with Crippen molar-refractivity contribution >= 4 is 34.4 Å². The molecule has 100 valence electrons. The smallest absolute Gasteiger partial charge is 0.205 e. The van der Waals surface area contributed by atoms with E-state index in [1.54, 1.807) is 12.1 Å². The number of nitrogens with one attached hydrogen (secondary N) is 1. The van der Waals surface area contributed by atoms with Gasteiger partial charge in [0.15, 0.2) is 0 Å². The number of para-hydroxylation sites is 1. The molecule has 0 bridgehead atoms. The number of carbonyl (C=O) groups is 1. The first-order valence-electron chi connectivity index (χ1n) is 5.87. The molecule has 5 heteroatoms. The van der Waals surface area contributed by atoms with Gasteiger partial charge < -0.3 is 10.4 Å². The summed E-state index contributed by atoms with van der Waals surface area (Å²) in [5.74, 6) is 0.145. The number of anilines is 1. The molecule has 2 aromatic rings. The van der Waals surface area contributed by atoms with Crippen molar-refractivity contribution in [1.29, 1.82) is 0 Å². The highest BCUT2D eigenvalue weighted by atomic mass is 35.5. The van der Waals surface area contributed by atoms with E-state index in [0.29, 0.717) is 22.7 Å². The summed E-state index contributed by atoms with van der Waals surface area (Å²) in [6.45, 7) is 0.318. The lowest BCUT2D eigenvalue weighted by Gasteiger charge is -2.13. The first-order chi connectivity index (χ1) is 9.22. The molecule has 1 heterocycles. The molecule has 0 fully saturated rings. The van der Waals surface area contributed by atoms with Crippen LogP contribution >= 0.6 is 22.9 Å². The summed E-state index contributed by atoms with van der Waals surface area (Å²) in [4.78, 5) is 13.0. The van der Waals surface area contributed by atoms with Gasteiger partial charge in [-0.2, -0.15) is 0 Å². The van der Waals surface area contributed by atoms with Gasteiger partial charge in [-0.25, -0.2) is 0 Å². The Morgan fingerprint density at radius 3 is 2.79 bits per heavy atom. The molecule has 0 aliphatic heterocycles. The van der Waals surface area contributed by atoms with Gasteiger partial charge in [-0.05, 0) is 23.6 Å². The van der Waals surface area contributed by atoms with E-state index < -0.39 is 6.10 Å². The van der Waals surface area contributed by atoms with Gasteiger partial charge in [-0.3, -0.25) is 4.79 Å². The first-order valence-corrected chi connectivity index (χ1v) is 7.29. The Balaban J connectivity index is 2.19. The zero-order valence-corrected chi connectivity index (χ0v) is 11.7. The van der Waals surface area contributed by atoms with E-state index in [0.717, 1.165) is 0 Å². The van der Waals surface area contributed by atoms with Crippen molar-refractivity contribution in [2.24, 2.45) is 0 Å². The Morgan fingerprint density at radius 1 is 1.32 bits per heavy atom. The van der Waals surface area contributed by atoms with Gasteiger partial charge in [-0.1, -0.05) is 18.2 Å². The maximum absolute atomic E-state index is 12.3. The van der Waals surface area contributed by atoms with E-state index in [2.05, 4.69) is 5.32 Å². The molecule has 1 atom stereocenters. The van der Waals surface area contributed by atoms with Crippen LogP contribution in [0.3, 0.4) is 0 Å². The lowest BCUT2D eigenvalue weighted by molar-refractivity contribution is 0.104. The molecule has 3 nitrogen and oxygen atoms in total. The summed E-state index contributed by atoms with van der Waals surface area (Å²) in [5, 5.41) is 14.4. The summed E-state index contributed by atoms with van der Waals surface area (Å²) in [5.41, 5.74) is 1.32. The number of carbonyl (C=O) groups excluding carboxylic acids is 1. The Bertz CT molecular complexity index is 542. The molecule has 2 N–H and O–H groups in total. The predicted octanol–water partition coefficient (Wildman–Crippen LogP) is 2.99. The fourth-order valence-electron chi connectivity index (χ4n) is 1.66. The second-order valence-corrected chi connectivity index (χ2v) is 5.30. The Hall–Kier alpha value is -1.36. The van der Waals surface area contributed by atoms with E-state index in [9.17, 15) is 9.90 Å². The normalized spacial score (nSPS) is 12.1. The van der Waals surface area contributed by atoms with Crippen LogP contribution in [-0.2, 0) is 0 Å². The summed E-state index contributed by atoms with van der Waals surface area (Å²) in [6, 6.07) is 10.9. The maximum atomic E-state index is 12.3. The number of thiophene rings is 1. The van der Waals surface area contributed by atoms with Crippen molar-refractivity contribution in [3.63, 3.8) is 0 Å². The lowest BCUT2D eigenvalue weighted by Crippen LogP contribution is -2.21. The van der Waals surface area contributed by atoms with Crippen LogP contribution in [0.4, 0.5) is 5.69 Å². The van der Waals surface area contributed by atoms with Gasteiger partial charge in [0.2, 0.25) is 5.78 Å². The number of hydrogen-bond donors (Lipinski definition) is 2. The van der Waals surface area contributed by atoms with E-state index in [4.69, 9.17) is 11.6 Å². The molecule has 0 aliphatic carbocycles. The second kappa shape index (κ2) is 6.70. The van der Waals surface area contributed by atoms with Crippen LogP contribution in [0.1, 0.15) is 15.2 Å². The van der Waals surface area contributed by atoms with Crippen LogP contribution in [0, 0.1) is 0 Å². The third-order valence-electron chi connectivity index (χ3n) is 2.62. The Morgan fingerprint density at radius 2 is 2.11 bits per heavy atom. The Kier molecular flexibility index (Phi) is 4.96. The number of ketones is 1. The number of alkyl halides is 1. The number of aliphatic hydroxyl groups is 1. The van der Waals surface area contributed by atoms with Crippen LogP contribution in [0.25, 0.3) is 0 Å². The third kappa shape index (κ3) is 3.56. The summed E-state index contributed by atoms with van der Waals surface area (Å²) < 4.78 is 0. The molecular weight excluding hydrogens is 282 g/mol. The zero-order chi connectivity index (χ0) is 13.7. The van der Waals surface area contributed by atoms with Crippen LogP contribution < -0.4 is 5.32 Å². The van der Waals surface area contributed by atoms with Crippen LogP contribution in [0.2, 0.25) is 0 Å². The van der Waals surface area contributed by atoms with Crippen molar-refractivity contribution in [3.8, 4) is 0 Å². The average molecular weight is 296 g/mol. The third-order valence-corrected chi connectivity index (χ3v) is 3.85. The number of rotatable bonds is 6. The fourth-order valence-corrected chi connectivity index (χ4v) is 2.45. The van der Waals surface area contributed by atoms with Crippen molar-refractivity contribution in [3.05, 3.63) is 52.2 Å². The number of benzene rings is 1. The zero-order valence-electron chi connectivity index (χ0n) is 10.2. The molecule has 0 radical (unpaired) electrons. The maximum Gasteiger partial charge on any atom is 0.205 e. The quantitative estimate of drug-likeness (QED) is 0.636. The monoisotopic (exact) mass is 295 g/mol. The van der Waals surface area contributed by atoms with Crippen molar-refractivity contribution < 1.29 is 9.90 Å². The molecule has 0 amide bonds. The summed E-state index contributed by atoms with van der Waals surface area (Å²) in [6.07, 6.45) is -0.633. The molecule has 1 aromatic heterocycles. The number of aliphatic hydroxyl groups excluding tert-OH is 1. The van der Waals surface area contributed by atoms with E-state index >= 15 is 0 Å². The van der Waals surface area contributed by atoms with Crippen LogP contribution in [0.15, 0.2) is 41.8 Å². The summed E-state index contributed by atoms with van der Waals surface area (Å²) in [7, 11) is 0. The minimum Gasteiger partial charge on any atom is -0.390 e. The fraction of sp³-hybridized carbons (Fsp3) is 0.214. The minimum absolute atomic E-state index is 0.0153. The van der Waals surface area contributed by atoms with E-state index in [1.165, 1.54) is 11.3 Å². The predicted molar refractivity (Wildman–Crippen MR) is 79.4 cm³/mol. The highest BCUT2D eigenvalue weighted by Crippen LogP contribution is 2.21. The molecule has 0 saturated carbocycles. The molecule has 19 heavy (non-hydrogen) atoms. The van der Waals surface area contributed by atoms with Gasteiger partial charge >= 0.3 is 0 Å². The molecule has 2 rings (SSSR count). The summed E-state index contributed by atoms with van der Waals surface area (Å²) >= 11 is 6.96. The molecule has 0 spiro atoms. The van der Waals surface area contributed by atoms with Crippen molar-refractivity contribution in [1.82, 2.24) is 0 Å². The van der Waals surface area contributed by atoms with E-state index in [-0.39, 0.29) is 11.7 Å². The van der Waals surface area contributed by atoms with Crippen LogP contribution in [0.5, 0.6) is 0 Å². The van der Waals surface area contributed by atoms with Gasteiger partial charge in [0.1, 0.15) is 0 Å². The molecule has 0 saturated heterocycles. The highest BCUT2D eigenvalue weighted by molar-refractivity contribution is 7.12. The average Bonchev–Trinajstić information content (AvgIpc) is 2.98. The topological polar surface area (TPSA) is 49.3 Å². The molecular formula is C14H14ClNO2S. The van der Waals surface area contributed by atoms with Crippen molar-refractivity contribution in [2.45, 2.75) is 6.10 Å². The first kappa shape index (κ1) is 14.1. The SMILES string of the molecule is O=C(c1cccs1)c1ccccc1NCC(O)CCl. The largest absolute Gasteiger partial charge is 0.390 e. The van der Waals surface area contributed by atoms with Crippen LogP contribution in [-0.4, -0.2) is 29.4 Å². The second-order valence-electron chi connectivity index (χ2n) is 4.04. The molecule has 1 aromatic carbocycles. The van der Waals surface area contributed by atoms with Gasteiger partial charge in [0.25, 0.3) is 0 Å². The number of halogens is 1. The number of hydrogen-bond acceptors (Lipinski definition) is 4. The standard InChI is InChI=1S/C14H14ClNO2S/c15-8-10(17)9-16-12-5-2-1-4-11(12)14(18)13-6-3-7-19-13/h1-7,10,16-17H,8-9H2. The Labute approximate surface area is 120 Å². The van der Waals surface area contributed by atoms with E-state index in [1.807, 2.05) is 29.6 Å². The van der Waals surface area contributed by atoms with Gasteiger partial charge in [-0.15, -0.1) is 22.9 Å². The highest BCUT2D eigenvalue weighted by Gasteiger charge is 2.14. The minimum atomic E-state index is -0.633. The lowest BCUT2D eigenvalue weighted by atomic mass is 10.1. The van der Waals surface area contributed by atoms with Gasteiger partial charge in [0.05, 0.1) is 16.9 Å². The molecule has 0 aliphatic rings. The molecule has 1 unspecified atom stereocenters. The van der Waals surface area contributed by atoms with Crippen molar-refractivity contribution in [2.75, 3.05) is 17.7 Å². The van der Waals surface area contributed by atoms with Gasteiger partial charge in [0, 0.05) is 17.8 Å².